The van der Waals surface area contributed by atoms with E-state index in [1.54, 1.807) is 38.1 Å². The molecule has 18 heavy (non-hydrogen) atoms. The summed E-state index contributed by atoms with van der Waals surface area (Å²) in [6.07, 6.45) is 1.09. The van der Waals surface area contributed by atoms with Gasteiger partial charge in [0.1, 0.15) is 0 Å². The first-order valence-corrected chi connectivity index (χ1v) is 7.47. The van der Waals surface area contributed by atoms with E-state index in [2.05, 4.69) is 4.72 Å². The Morgan fingerprint density at radius 1 is 1.33 bits per heavy atom. The van der Waals surface area contributed by atoms with Gasteiger partial charge in [0.25, 0.3) is 0 Å². The number of esters is 1. The number of ether oxygens (including phenoxy) is 1. The molecular formula is C12H17NO4S. The highest BCUT2D eigenvalue weighted by molar-refractivity contribution is 7.92. The van der Waals surface area contributed by atoms with Gasteiger partial charge in [-0.1, -0.05) is 12.1 Å². The van der Waals surface area contributed by atoms with Crippen LogP contribution in [0.2, 0.25) is 0 Å². The molecule has 0 bridgehead atoms. The van der Waals surface area contributed by atoms with E-state index < -0.39 is 10.0 Å². The summed E-state index contributed by atoms with van der Waals surface area (Å²) < 4.78 is 29.3. The molecule has 0 aliphatic heterocycles. The minimum atomic E-state index is -3.28. The summed E-state index contributed by atoms with van der Waals surface area (Å²) in [4.78, 5) is 11.5. The number of sulfonamides is 1. The SMILES string of the molecule is CCOC(=O)C(C)c1ccc(NS(C)(=O)=O)cc1. The van der Waals surface area contributed by atoms with Crippen molar-refractivity contribution in [3.05, 3.63) is 29.8 Å². The molecule has 0 spiro atoms. The van der Waals surface area contributed by atoms with Crippen LogP contribution in [0.25, 0.3) is 0 Å². The van der Waals surface area contributed by atoms with Crippen molar-refractivity contribution < 1.29 is 17.9 Å². The Labute approximate surface area is 107 Å². The first-order valence-electron chi connectivity index (χ1n) is 5.58. The summed E-state index contributed by atoms with van der Waals surface area (Å²) in [6, 6.07) is 6.64. The highest BCUT2D eigenvalue weighted by Crippen LogP contribution is 2.19. The van der Waals surface area contributed by atoms with Crippen molar-refractivity contribution in [2.75, 3.05) is 17.6 Å². The van der Waals surface area contributed by atoms with E-state index in [1.807, 2.05) is 0 Å². The smallest absolute Gasteiger partial charge is 0.313 e. The number of anilines is 1. The van der Waals surface area contributed by atoms with Gasteiger partial charge < -0.3 is 4.74 Å². The zero-order valence-corrected chi connectivity index (χ0v) is 11.5. The van der Waals surface area contributed by atoms with Crippen molar-refractivity contribution in [1.29, 1.82) is 0 Å². The Morgan fingerprint density at radius 2 is 1.89 bits per heavy atom. The monoisotopic (exact) mass is 271 g/mol. The number of nitrogens with one attached hydrogen (secondary N) is 1. The molecule has 100 valence electrons. The Balaban J connectivity index is 2.79. The van der Waals surface area contributed by atoms with Crippen molar-refractivity contribution in [3.63, 3.8) is 0 Å². The van der Waals surface area contributed by atoms with E-state index in [0.717, 1.165) is 11.8 Å². The van der Waals surface area contributed by atoms with Gasteiger partial charge in [0.15, 0.2) is 0 Å². The maximum absolute atomic E-state index is 11.5. The van der Waals surface area contributed by atoms with Gasteiger partial charge in [-0.05, 0) is 31.5 Å². The molecule has 1 atom stereocenters. The van der Waals surface area contributed by atoms with Crippen LogP contribution in [0, 0.1) is 0 Å². The van der Waals surface area contributed by atoms with Gasteiger partial charge in [0.2, 0.25) is 10.0 Å². The number of hydrogen-bond acceptors (Lipinski definition) is 4. The minimum absolute atomic E-state index is 0.290. The highest BCUT2D eigenvalue weighted by atomic mass is 32.2. The van der Waals surface area contributed by atoms with Gasteiger partial charge in [-0.15, -0.1) is 0 Å². The second-order valence-corrected chi connectivity index (χ2v) is 5.72. The largest absolute Gasteiger partial charge is 0.466 e. The lowest BCUT2D eigenvalue weighted by atomic mass is 10.0. The summed E-state index contributed by atoms with van der Waals surface area (Å²) >= 11 is 0. The lowest BCUT2D eigenvalue weighted by molar-refractivity contribution is -0.144. The van der Waals surface area contributed by atoms with Crippen LogP contribution in [0.1, 0.15) is 25.3 Å². The predicted molar refractivity (Wildman–Crippen MR) is 70.0 cm³/mol. The Kier molecular flexibility index (Phi) is 4.72. The molecule has 1 aromatic carbocycles. The lowest BCUT2D eigenvalue weighted by Gasteiger charge is -2.11. The molecule has 0 aliphatic rings. The quantitative estimate of drug-likeness (QED) is 0.828. The molecule has 5 nitrogen and oxygen atoms in total. The van der Waals surface area contributed by atoms with Crippen LogP contribution in [0.3, 0.4) is 0 Å². The first-order chi connectivity index (χ1) is 8.33. The van der Waals surface area contributed by atoms with Crippen LogP contribution in [-0.2, 0) is 19.6 Å². The fraction of sp³-hybridized carbons (Fsp3) is 0.417. The minimum Gasteiger partial charge on any atom is -0.466 e. The van der Waals surface area contributed by atoms with E-state index in [1.165, 1.54) is 0 Å². The number of benzene rings is 1. The van der Waals surface area contributed by atoms with Gasteiger partial charge in [0, 0.05) is 5.69 Å². The van der Waals surface area contributed by atoms with Crippen LogP contribution < -0.4 is 4.72 Å². The van der Waals surface area contributed by atoms with Gasteiger partial charge in [-0.2, -0.15) is 0 Å². The molecule has 0 saturated heterocycles. The maximum atomic E-state index is 11.5. The fourth-order valence-corrected chi connectivity index (χ4v) is 2.02. The average molecular weight is 271 g/mol. The van der Waals surface area contributed by atoms with Crippen LogP contribution >= 0.6 is 0 Å². The average Bonchev–Trinajstić information content (AvgIpc) is 2.27. The molecule has 0 aromatic heterocycles. The third-order valence-electron chi connectivity index (χ3n) is 2.35. The molecule has 0 saturated carbocycles. The first kappa shape index (κ1) is 14.5. The number of carbonyl (C=O) groups excluding carboxylic acids is 1. The van der Waals surface area contributed by atoms with E-state index in [-0.39, 0.29) is 11.9 Å². The van der Waals surface area contributed by atoms with Gasteiger partial charge in [-0.25, -0.2) is 8.42 Å². The molecule has 1 unspecified atom stereocenters. The molecule has 0 amide bonds. The zero-order valence-electron chi connectivity index (χ0n) is 10.6. The molecule has 0 radical (unpaired) electrons. The summed E-state index contributed by atoms with van der Waals surface area (Å²) in [5.41, 5.74) is 1.25. The molecule has 1 aromatic rings. The number of hydrogen-bond donors (Lipinski definition) is 1. The summed E-state index contributed by atoms with van der Waals surface area (Å²) in [5.74, 6) is -0.654. The summed E-state index contributed by atoms with van der Waals surface area (Å²) in [7, 11) is -3.28. The fourth-order valence-electron chi connectivity index (χ4n) is 1.46. The Morgan fingerprint density at radius 3 is 2.33 bits per heavy atom. The molecule has 0 fully saturated rings. The molecule has 0 heterocycles. The van der Waals surface area contributed by atoms with Crippen molar-refractivity contribution in [3.8, 4) is 0 Å². The zero-order chi connectivity index (χ0) is 13.8. The van der Waals surface area contributed by atoms with Crippen molar-refractivity contribution in [2.45, 2.75) is 19.8 Å². The van der Waals surface area contributed by atoms with Gasteiger partial charge >= 0.3 is 5.97 Å². The van der Waals surface area contributed by atoms with Crippen LogP contribution in [-0.4, -0.2) is 27.2 Å². The lowest BCUT2D eigenvalue weighted by Crippen LogP contribution is -2.13. The summed E-state index contributed by atoms with van der Waals surface area (Å²) in [5, 5.41) is 0. The van der Waals surface area contributed by atoms with E-state index in [0.29, 0.717) is 12.3 Å². The number of carbonyl (C=O) groups is 1. The normalized spacial score (nSPS) is 12.8. The highest BCUT2D eigenvalue weighted by Gasteiger charge is 2.16. The van der Waals surface area contributed by atoms with E-state index in [4.69, 9.17) is 4.74 Å². The van der Waals surface area contributed by atoms with Crippen molar-refractivity contribution >= 4 is 21.7 Å². The molecular weight excluding hydrogens is 254 g/mol. The predicted octanol–water partition coefficient (Wildman–Crippen LogP) is 1.72. The van der Waals surface area contributed by atoms with Crippen LogP contribution in [0.15, 0.2) is 24.3 Å². The Hall–Kier alpha value is -1.56. The summed E-state index contributed by atoms with van der Waals surface area (Å²) in [6.45, 7) is 3.84. The van der Waals surface area contributed by atoms with E-state index in [9.17, 15) is 13.2 Å². The third kappa shape index (κ3) is 4.37. The maximum Gasteiger partial charge on any atom is 0.313 e. The molecule has 1 N–H and O–H groups in total. The Bertz CT molecular complexity index is 507. The van der Waals surface area contributed by atoms with Crippen molar-refractivity contribution in [2.24, 2.45) is 0 Å². The van der Waals surface area contributed by atoms with E-state index >= 15 is 0 Å². The molecule has 1 rings (SSSR count). The second-order valence-electron chi connectivity index (χ2n) is 3.97. The molecule has 6 heteroatoms. The topological polar surface area (TPSA) is 72.5 Å². The van der Waals surface area contributed by atoms with Crippen LogP contribution in [0.5, 0.6) is 0 Å². The van der Waals surface area contributed by atoms with Gasteiger partial charge in [0.05, 0.1) is 18.8 Å². The number of rotatable bonds is 5. The third-order valence-corrected chi connectivity index (χ3v) is 2.96. The standard InChI is InChI=1S/C12H17NO4S/c1-4-17-12(14)9(2)10-5-7-11(8-6-10)13-18(3,15)16/h5-9,13H,4H2,1-3H3. The van der Waals surface area contributed by atoms with Crippen molar-refractivity contribution in [1.82, 2.24) is 0 Å². The molecule has 0 aliphatic carbocycles. The second kappa shape index (κ2) is 5.86. The van der Waals surface area contributed by atoms with Gasteiger partial charge in [-0.3, -0.25) is 9.52 Å². The van der Waals surface area contributed by atoms with Crippen LogP contribution in [0.4, 0.5) is 5.69 Å².